The number of carbonyl (C=O) groups is 1. The Kier molecular flexibility index (Phi) is 4.71. The molecule has 0 aliphatic carbocycles. The Morgan fingerprint density at radius 2 is 2.05 bits per heavy atom. The van der Waals surface area contributed by atoms with E-state index in [0.717, 1.165) is 10.0 Å². The normalized spacial score (nSPS) is 9.32. The van der Waals surface area contributed by atoms with E-state index in [2.05, 4.69) is 38.1 Å². The van der Waals surface area contributed by atoms with Gasteiger partial charge in [0.25, 0.3) is 5.91 Å². The second-order valence-corrected chi connectivity index (χ2v) is 4.66. The molecule has 0 unspecified atom stereocenters. The van der Waals surface area contributed by atoms with E-state index in [1.807, 2.05) is 30.3 Å². The number of aromatic nitrogens is 1. The predicted octanol–water partition coefficient (Wildman–Crippen LogP) is 2.63. The van der Waals surface area contributed by atoms with Crippen LogP contribution < -0.4 is 5.32 Å². The van der Waals surface area contributed by atoms with Crippen molar-refractivity contribution in [1.29, 1.82) is 0 Å². The van der Waals surface area contributed by atoms with E-state index in [0.29, 0.717) is 12.1 Å². The molecule has 19 heavy (non-hydrogen) atoms. The van der Waals surface area contributed by atoms with Crippen LogP contribution in [-0.2, 0) is 0 Å². The fourth-order valence-electron chi connectivity index (χ4n) is 1.43. The molecule has 1 heterocycles. The molecule has 0 atom stereocenters. The first-order chi connectivity index (χ1) is 9.25. The van der Waals surface area contributed by atoms with Crippen molar-refractivity contribution in [1.82, 2.24) is 10.3 Å². The maximum Gasteiger partial charge on any atom is 0.253 e. The summed E-state index contributed by atoms with van der Waals surface area (Å²) >= 11 is 3.27. The summed E-state index contributed by atoms with van der Waals surface area (Å²) in [6, 6.07) is 11.4. The van der Waals surface area contributed by atoms with E-state index in [-0.39, 0.29) is 5.91 Å². The molecule has 1 aromatic heterocycles. The van der Waals surface area contributed by atoms with Crippen LogP contribution in [0.4, 0.5) is 0 Å². The molecule has 0 saturated carbocycles. The average molecular weight is 315 g/mol. The molecule has 1 amide bonds. The van der Waals surface area contributed by atoms with Gasteiger partial charge in [-0.2, -0.15) is 0 Å². The Balaban J connectivity index is 1.90. The standard InChI is InChI=1S/C15H11BrN2O/c16-14-9-13(10-17-11-14)15(19)18-8-4-7-12-5-2-1-3-6-12/h1-3,5-6,9-11H,8H2,(H,18,19). The Morgan fingerprint density at radius 3 is 2.79 bits per heavy atom. The fraction of sp³-hybridized carbons (Fsp3) is 0.0667. The largest absolute Gasteiger partial charge is 0.341 e. The number of pyridine rings is 1. The summed E-state index contributed by atoms with van der Waals surface area (Å²) in [4.78, 5) is 15.7. The average Bonchev–Trinajstić information content (AvgIpc) is 2.44. The van der Waals surface area contributed by atoms with Gasteiger partial charge in [0, 0.05) is 22.4 Å². The maximum absolute atomic E-state index is 11.8. The number of hydrogen-bond donors (Lipinski definition) is 1. The van der Waals surface area contributed by atoms with Crippen molar-refractivity contribution >= 4 is 21.8 Å². The molecule has 0 aliphatic rings. The minimum absolute atomic E-state index is 0.184. The number of nitrogens with one attached hydrogen (secondary N) is 1. The van der Waals surface area contributed by atoms with Crippen LogP contribution >= 0.6 is 15.9 Å². The summed E-state index contributed by atoms with van der Waals surface area (Å²) < 4.78 is 0.774. The molecule has 1 aromatic carbocycles. The molecule has 0 bridgehead atoms. The summed E-state index contributed by atoms with van der Waals surface area (Å²) in [7, 11) is 0. The highest BCUT2D eigenvalue weighted by molar-refractivity contribution is 9.10. The van der Waals surface area contributed by atoms with Gasteiger partial charge in [-0.3, -0.25) is 9.78 Å². The van der Waals surface area contributed by atoms with E-state index in [1.54, 1.807) is 12.3 Å². The minimum Gasteiger partial charge on any atom is -0.341 e. The summed E-state index contributed by atoms with van der Waals surface area (Å²) in [6.07, 6.45) is 3.15. The molecule has 94 valence electrons. The second-order valence-electron chi connectivity index (χ2n) is 3.74. The fourth-order valence-corrected chi connectivity index (χ4v) is 1.80. The third-order valence-corrected chi connectivity index (χ3v) is 2.74. The third-order valence-electron chi connectivity index (χ3n) is 2.31. The van der Waals surface area contributed by atoms with Crippen LogP contribution in [-0.4, -0.2) is 17.4 Å². The molecule has 3 nitrogen and oxygen atoms in total. The number of benzene rings is 1. The van der Waals surface area contributed by atoms with Crippen molar-refractivity contribution in [3.8, 4) is 11.8 Å². The molecule has 2 rings (SSSR count). The Labute approximate surface area is 120 Å². The van der Waals surface area contributed by atoms with Crippen LogP contribution in [0.1, 0.15) is 15.9 Å². The summed E-state index contributed by atoms with van der Waals surface area (Å²) in [5.74, 6) is 5.69. The van der Waals surface area contributed by atoms with Crippen molar-refractivity contribution in [3.63, 3.8) is 0 Å². The smallest absolute Gasteiger partial charge is 0.253 e. The lowest BCUT2D eigenvalue weighted by molar-refractivity contribution is 0.0958. The van der Waals surface area contributed by atoms with Crippen LogP contribution in [0.15, 0.2) is 53.3 Å². The second kappa shape index (κ2) is 6.72. The van der Waals surface area contributed by atoms with E-state index in [4.69, 9.17) is 0 Å². The van der Waals surface area contributed by atoms with Gasteiger partial charge >= 0.3 is 0 Å². The van der Waals surface area contributed by atoms with Crippen molar-refractivity contribution in [2.75, 3.05) is 6.54 Å². The molecule has 2 aromatic rings. The highest BCUT2D eigenvalue weighted by Gasteiger charge is 2.04. The molecule has 0 fully saturated rings. The lowest BCUT2D eigenvalue weighted by Crippen LogP contribution is -2.23. The van der Waals surface area contributed by atoms with Crippen molar-refractivity contribution in [3.05, 3.63) is 64.4 Å². The predicted molar refractivity (Wildman–Crippen MR) is 77.6 cm³/mol. The van der Waals surface area contributed by atoms with Crippen molar-refractivity contribution in [2.24, 2.45) is 0 Å². The number of amides is 1. The van der Waals surface area contributed by atoms with Gasteiger partial charge in [0.1, 0.15) is 0 Å². The molecule has 0 radical (unpaired) electrons. The van der Waals surface area contributed by atoms with Gasteiger partial charge in [0.05, 0.1) is 12.1 Å². The van der Waals surface area contributed by atoms with Crippen LogP contribution in [0.3, 0.4) is 0 Å². The van der Waals surface area contributed by atoms with Gasteiger partial charge in [0.2, 0.25) is 0 Å². The quantitative estimate of drug-likeness (QED) is 0.866. The lowest BCUT2D eigenvalue weighted by Gasteiger charge is -2.00. The zero-order valence-electron chi connectivity index (χ0n) is 10.1. The number of hydrogen-bond acceptors (Lipinski definition) is 2. The highest BCUT2D eigenvalue weighted by atomic mass is 79.9. The highest BCUT2D eigenvalue weighted by Crippen LogP contribution is 2.09. The lowest BCUT2D eigenvalue weighted by atomic mass is 10.2. The van der Waals surface area contributed by atoms with Crippen LogP contribution in [0.25, 0.3) is 0 Å². The van der Waals surface area contributed by atoms with Gasteiger partial charge in [-0.1, -0.05) is 30.0 Å². The Morgan fingerprint density at radius 1 is 1.26 bits per heavy atom. The molecule has 0 saturated heterocycles. The summed E-state index contributed by atoms with van der Waals surface area (Å²) in [6.45, 7) is 0.306. The van der Waals surface area contributed by atoms with Gasteiger partial charge in [0.15, 0.2) is 0 Å². The molecule has 4 heteroatoms. The van der Waals surface area contributed by atoms with E-state index in [9.17, 15) is 4.79 Å². The monoisotopic (exact) mass is 314 g/mol. The first kappa shape index (κ1) is 13.3. The molecular formula is C15H11BrN2O. The SMILES string of the molecule is O=C(NCC#Cc1ccccc1)c1cncc(Br)c1. The van der Waals surface area contributed by atoms with E-state index in [1.165, 1.54) is 6.20 Å². The molecule has 0 spiro atoms. The summed E-state index contributed by atoms with van der Waals surface area (Å²) in [5.41, 5.74) is 1.44. The van der Waals surface area contributed by atoms with Crippen molar-refractivity contribution in [2.45, 2.75) is 0 Å². The summed E-state index contributed by atoms with van der Waals surface area (Å²) in [5, 5.41) is 2.72. The number of nitrogens with zero attached hydrogens (tertiary/aromatic N) is 1. The van der Waals surface area contributed by atoms with Gasteiger partial charge in [-0.25, -0.2) is 0 Å². The van der Waals surface area contributed by atoms with Crippen LogP contribution in [0, 0.1) is 11.8 Å². The molecular weight excluding hydrogens is 304 g/mol. The maximum atomic E-state index is 11.8. The number of rotatable bonds is 2. The third kappa shape index (κ3) is 4.23. The van der Waals surface area contributed by atoms with E-state index >= 15 is 0 Å². The van der Waals surface area contributed by atoms with Gasteiger partial charge in [-0.05, 0) is 34.1 Å². The Bertz CT molecular complexity index is 629. The van der Waals surface area contributed by atoms with Crippen molar-refractivity contribution < 1.29 is 4.79 Å². The minimum atomic E-state index is -0.184. The first-order valence-corrected chi connectivity index (χ1v) is 6.47. The van der Waals surface area contributed by atoms with Gasteiger partial charge in [-0.15, -0.1) is 0 Å². The van der Waals surface area contributed by atoms with E-state index < -0.39 is 0 Å². The number of halogens is 1. The number of carbonyl (C=O) groups excluding carboxylic acids is 1. The molecule has 1 N–H and O–H groups in total. The van der Waals surface area contributed by atoms with Crippen LogP contribution in [0.2, 0.25) is 0 Å². The Hall–Kier alpha value is -2.12. The molecule has 0 aliphatic heterocycles. The topological polar surface area (TPSA) is 42.0 Å². The van der Waals surface area contributed by atoms with Gasteiger partial charge < -0.3 is 5.32 Å². The first-order valence-electron chi connectivity index (χ1n) is 5.68. The zero-order valence-corrected chi connectivity index (χ0v) is 11.6. The van der Waals surface area contributed by atoms with Crippen LogP contribution in [0.5, 0.6) is 0 Å². The zero-order chi connectivity index (χ0) is 13.5.